The fraction of sp³-hybridized carbons (Fsp3) is 0.286. The van der Waals surface area contributed by atoms with Gasteiger partial charge in [-0.25, -0.2) is 14.5 Å². The number of carbonyl (C=O) groups is 3. The zero-order valence-electron chi connectivity index (χ0n) is 18.8. The second-order valence-electron chi connectivity index (χ2n) is 10.0. The first kappa shape index (κ1) is 20.4. The molecule has 3 aromatic rings. The minimum atomic E-state index is -0.636. The number of anilines is 1. The van der Waals surface area contributed by atoms with Gasteiger partial charge in [-0.2, -0.15) is 0 Å². The van der Waals surface area contributed by atoms with Crippen molar-refractivity contribution in [3.05, 3.63) is 82.2 Å². The summed E-state index contributed by atoms with van der Waals surface area (Å²) in [5, 5.41) is 0.750. The van der Waals surface area contributed by atoms with Gasteiger partial charge in [-0.05, 0) is 72.9 Å². The number of hydrogen-bond acceptors (Lipinski definition) is 6. The lowest BCUT2D eigenvalue weighted by atomic mass is 9.63. The number of imide groups is 1. The Morgan fingerprint density at radius 2 is 1.66 bits per heavy atom. The van der Waals surface area contributed by atoms with E-state index in [0.717, 1.165) is 17.4 Å². The molecule has 0 unspecified atom stereocenters. The molecule has 0 radical (unpaired) electrons. The molecule has 3 fully saturated rings. The summed E-state index contributed by atoms with van der Waals surface area (Å²) >= 11 is 0. The van der Waals surface area contributed by atoms with Crippen LogP contribution in [0.1, 0.15) is 22.3 Å². The standard InChI is InChI=1S/C28H21NO6/c1-13-9-16(11-22-17(13)7-8-23(30)35-22)34-28(33)14-3-2-4-15(10-14)29-26(31)24-18-5-6-19(21-12-20(18)21)25(24)27(29)32/h2-11,18-21,24-25H,12H2,1H3/t18-,19+,20-,21-,24+,25-/m1/s1. The maximum absolute atomic E-state index is 13.4. The van der Waals surface area contributed by atoms with E-state index in [-0.39, 0.29) is 46.8 Å². The van der Waals surface area contributed by atoms with Crippen molar-refractivity contribution < 1.29 is 23.5 Å². The second kappa shape index (κ2) is 7.01. The van der Waals surface area contributed by atoms with Crippen molar-refractivity contribution in [3.8, 4) is 5.75 Å². The van der Waals surface area contributed by atoms with Gasteiger partial charge in [0, 0.05) is 17.5 Å². The summed E-state index contributed by atoms with van der Waals surface area (Å²) in [5.74, 6) is -0.00546. The molecule has 5 aliphatic rings. The highest BCUT2D eigenvalue weighted by atomic mass is 16.5. The number of ether oxygens (including phenoxy) is 1. The molecule has 2 saturated carbocycles. The zero-order valence-corrected chi connectivity index (χ0v) is 18.8. The van der Waals surface area contributed by atoms with Gasteiger partial charge in [-0.3, -0.25) is 9.59 Å². The average Bonchev–Trinajstić information content (AvgIpc) is 3.62. The van der Waals surface area contributed by atoms with Gasteiger partial charge in [-0.1, -0.05) is 18.2 Å². The van der Waals surface area contributed by atoms with E-state index in [1.54, 1.807) is 30.3 Å². The summed E-state index contributed by atoms with van der Waals surface area (Å²) in [6.45, 7) is 1.83. The van der Waals surface area contributed by atoms with Crippen molar-refractivity contribution >= 4 is 34.4 Å². The number of fused-ring (bicyclic) bond motifs is 1. The average molecular weight is 467 g/mol. The summed E-state index contributed by atoms with van der Waals surface area (Å²) in [7, 11) is 0. The van der Waals surface area contributed by atoms with Crippen LogP contribution < -0.4 is 15.3 Å². The van der Waals surface area contributed by atoms with E-state index in [2.05, 4.69) is 12.2 Å². The van der Waals surface area contributed by atoms with Crippen LogP contribution in [0.2, 0.25) is 0 Å². The van der Waals surface area contributed by atoms with Crippen LogP contribution >= 0.6 is 0 Å². The molecule has 6 atom stereocenters. The topological polar surface area (TPSA) is 93.9 Å². The number of carbonyl (C=O) groups excluding carboxylic acids is 3. The highest BCUT2D eigenvalue weighted by Gasteiger charge is 2.67. The summed E-state index contributed by atoms with van der Waals surface area (Å²) in [6, 6.07) is 12.6. The molecule has 2 aromatic carbocycles. The van der Waals surface area contributed by atoms with Gasteiger partial charge in [0.05, 0.1) is 23.1 Å². The van der Waals surface area contributed by atoms with Crippen LogP contribution in [0.25, 0.3) is 11.0 Å². The Labute approximate surface area is 200 Å². The van der Waals surface area contributed by atoms with Gasteiger partial charge in [0.15, 0.2) is 0 Å². The Hall–Kier alpha value is -4.00. The lowest BCUT2D eigenvalue weighted by molar-refractivity contribution is -0.124. The number of allylic oxidation sites excluding steroid dienone is 2. The molecule has 0 N–H and O–H groups in total. The Morgan fingerprint density at radius 1 is 0.943 bits per heavy atom. The molecule has 4 aliphatic carbocycles. The van der Waals surface area contributed by atoms with Crippen molar-refractivity contribution in [3.63, 3.8) is 0 Å². The summed E-state index contributed by atoms with van der Waals surface area (Å²) in [6.07, 6.45) is 5.38. The number of nitrogens with zero attached hydrogens (tertiary/aromatic N) is 1. The van der Waals surface area contributed by atoms with E-state index in [1.165, 1.54) is 23.1 Å². The molecule has 2 heterocycles. The first-order valence-electron chi connectivity index (χ1n) is 11.8. The van der Waals surface area contributed by atoms with E-state index in [4.69, 9.17) is 9.15 Å². The predicted octanol–water partition coefficient (Wildman–Crippen LogP) is 3.88. The maximum Gasteiger partial charge on any atom is 0.343 e. The quantitative estimate of drug-likeness (QED) is 0.191. The SMILES string of the molecule is Cc1cc(OC(=O)c2cccc(N3C(=O)[C@@H]4[C@H]5C=C[C@H]([C@H]6C[C@H]56)[C@@H]4C3=O)c2)cc2oc(=O)ccc12. The minimum absolute atomic E-state index is 0.140. The molecule has 8 rings (SSSR count). The van der Waals surface area contributed by atoms with E-state index in [0.29, 0.717) is 23.1 Å². The maximum atomic E-state index is 13.4. The van der Waals surface area contributed by atoms with Crippen molar-refractivity contribution in [2.24, 2.45) is 35.5 Å². The monoisotopic (exact) mass is 467 g/mol. The van der Waals surface area contributed by atoms with Crippen LogP contribution in [0.15, 0.2) is 69.9 Å². The van der Waals surface area contributed by atoms with Gasteiger partial charge in [0.25, 0.3) is 0 Å². The fourth-order valence-corrected chi connectivity index (χ4v) is 6.53. The van der Waals surface area contributed by atoms with E-state index in [9.17, 15) is 19.2 Å². The number of aryl methyl sites for hydroxylation is 1. The molecule has 1 aromatic heterocycles. The number of esters is 1. The van der Waals surface area contributed by atoms with Gasteiger partial charge >= 0.3 is 11.6 Å². The lowest BCUT2D eigenvalue weighted by Gasteiger charge is -2.37. The second-order valence-corrected chi connectivity index (χ2v) is 10.0. The molecule has 1 saturated heterocycles. The first-order chi connectivity index (χ1) is 16.9. The lowest BCUT2D eigenvalue weighted by Crippen LogP contribution is -2.40. The van der Waals surface area contributed by atoms with Crippen molar-refractivity contribution in [2.75, 3.05) is 4.90 Å². The van der Waals surface area contributed by atoms with Crippen molar-refractivity contribution in [2.45, 2.75) is 13.3 Å². The van der Waals surface area contributed by atoms with Crippen LogP contribution in [-0.4, -0.2) is 17.8 Å². The number of benzene rings is 2. The third-order valence-corrected chi connectivity index (χ3v) is 8.13. The van der Waals surface area contributed by atoms with Gasteiger partial charge in [0.1, 0.15) is 11.3 Å². The molecule has 1 aliphatic heterocycles. The molecule has 35 heavy (non-hydrogen) atoms. The van der Waals surface area contributed by atoms with Crippen LogP contribution in [0.5, 0.6) is 5.75 Å². The summed E-state index contributed by atoms with van der Waals surface area (Å²) in [5.41, 5.74) is 1.23. The number of rotatable bonds is 3. The normalized spacial score (nSPS) is 29.9. The highest BCUT2D eigenvalue weighted by Crippen LogP contribution is 2.65. The summed E-state index contributed by atoms with van der Waals surface area (Å²) in [4.78, 5) is 52.6. The predicted molar refractivity (Wildman–Crippen MR) is 126 cm³/mol. The smallest absolute Gasteiger partial charge is 0.343 e. The van der Waals surface area contributed by atoms with Crippen LogP contribution in [-0.2, 0) is 9.59 Å². The van der Waals surface area contributed by atoms with E-state index in [1.807, 2.05) is 6.92 Å². The van der Waals surface area contributed by atoms with E-state index < -0.39 is 11.6 Å². The number of hydrogen-bond donors (Lipinski definition) is 0. The molecule has 7 nitrogen and oxygen atoms in total. The Kier molecular flexibility index (Phi) is 4.08. The largest absolute Gasteiger partial charge is 0.423 e. The third kappa shape index (κ3) is 2.90. The van der Waals surface area contributed by atoms with Gasteiger partial charge in [0.2, 0.25) is 11.8 Å². The third-order valence-electron chi connectivity index (χ3n) is 8.13. The van der Waals surface area contributed by atoms with Crippen LogP contribution in [0.4, 0.5) is 5.69 Å². The minimum Gasteiger partial charge on any atom is -0.423 e. The molecular formula is C28H21NO6. The molecule has 2 amide bonds. The Balaban J connectivity index is 1.17. The molecule has 7 heteroatoms. The van der Waals surface area contributed by atoms with Crippen molar-refractivity contribution in [1.82, 2.24) is 0 Å². The summed E-state index contributed by atoms with van der Waals surface area (Å²) < 4.78 is 10.8. The molecule has 174 valence electrons. The van der Waals surface area contributed by atoms with Gasteiger partial charge in [-0.15, -0.1) is 0 Å². The van der Waals surface area contributed by atoms with Crippen LogP contribution in [0, 0.1) is 42.4 Å². The van der Waals surface area contributed by atoms with Gasteiger partial charge < -0.3 is 9.15 Å². The highest BCUT2D eigenvalue weighted by molar-refractivity contribution is 6.23. The Bertz CT molecular complexity index is 1510. The van der Waals surface area contributed by atoms with Crippen molar-refractivity contribution in [1.29, 1.82) is 0 Å². The Morgan fingerprint density at radius 3 is 2.37 bits per heavy atom. The van der Waals surface area contributed by atoms with Crippen LogP contribution in [0.3, 0.4) is 0 Å². The molecule has 0 spiro atoms. The number of amides is 2. The van der Waals surface area contributed by atoms with E-state index >= 15 is 0 Å². The zero-order chi connectivity index (χ0) is 24.0. The fourth-order valence-electron chi connectivity index (χ4n) is 6.53. The first-order valence-corrected chi connectivity index (χ1v) is 11.8. The molecular weight excluding hydrogens is 446 g/mol. The molecule has 2 bridgehead atoms.